The number of nitrogens with zero attached hydrogens (tertiary/aromatic N) is 2. The van der Waals surface area contributed by atoms with Crippen molar-refractivity contribution in [1.82, 2.24) is 9.97 Å². The van der Waals surface area contributed by atoms with Gasteiger partial charge in [-0.1, -0.05) is 11.6 Å². The third-order valence-electron chi connectivity index (χ3n) is 2.34. The highest BCUT2D eigenvalue weighted by atomic mass is 35.5. The fraction of sp³-hybridized carbons (Fsp3) is 0.0833. The number of ether oxygens (including phenoxy) is 1. The van der Waals surface area contributed by atoms with Crippen LogP contribution in [0.4, 0.5) is 13.2 Å². The van der Waals surface area contributed by atoms with Crippen LogP contribution in [0, 0.1) is 5.41 Å². The molecular weight excluding hydrogens is 309 g/mol. The predicted molar refractivity (Wildman–Crippen MR) is 69.6 cm³/mol. The quantitative estimate of drug-likeness (QED) is 0.672. The van der Waals surface area contributed by atoms with E-state index in [-0.39, 0.29) is 16.3 Å². The third kappa shape index (κ3) is 3.60. The van der Waals surface area contributed by atoms with Crippen LogP contribution in [-0.4, -0.2) is 15.8 Å². The van der Waals surface area contributed by atoms with Crippen LogP contribution >= 0.6 is 11.6 Å². The van der Waals surface area contributed by atoms with Gasteiger partial charge in [-0.05, 0) is 12.1 Å². The van der Waals surface area contributed by atoms with Crippen LogP contribution in [-0.2, 0) is 6.18 Å². The van der Waals surface area contributed by atoms with Crippen LogP contribution in [0.3, 0.4) is 0 Å². The summed E-state index contributed by atoms with van der Waals surface area (Å²) in [4.78, 5) is 7.09. The molecule has 0 aliphatic carbocycles. The zero-order chi connectivity index (χ0) is 15.6. The Morgan fingerprint density at radius 2 is 2.00 bits per heavy atom. The third-order valence-corrected chi connectivity index (χ3v) is 2.54. The molecule has 0 saturated carbocycles. The second kappa shape index (κ2) is 5.57. The molecule has 0 fully saturated rings. The molecule has 3 N–H and O–H groups in total. The highest BCUT2D eigenvalue weighted by molar-refractivity contribution is 6.30. The van der Waals surface area contributed by atoms with Crippen molar-refractivity contribution in [3.63, 3.8) is 0 Å². The van der Waals surface area contributed by atoms with Crippen LogP contribution in [0.25, 0.3) is 0 Å². The molecule has 5 nitrogen and oxygen atoms in total. The molecule has 0 radical (unpaired) electrons. The van der Waals surface area contributed by atoms with Gasteiger partial charge in [-0.3, -0.25) is 10.4 Å². The van der Waals surface area contributed by atoms with Gasteiger partial charge >= 0.3 is 6.18 Å². The molecule has 2 heterocycles. The summed E-state index contributed by atoms with van der Waals surface area (Å²) in [6.45, 7) is 0. The van der Waals surface area contributed by atoms with Crippen molar-refractivity contribution >= 4 is 17.4 Å². The Balaban J connectivity index is 2.46. The van der Waals surface area contributed by atoms with E-state index < -0.39 is 23.6 Å². The first-order chi connectivity index (χ1) is 9.77. The lowest BCUT2D eigenvalue weighted by molar-refractivity contribution is -0.141. The predicted octanol–water partition coefficient (Wildman–Crippen LogP) is 3.23. The Labute approximate surface area is 122 Å². The van der Waals surface area contributed by atoms with E-state index in [1.54, 1.807) is 0 Å². The Kier molecular flexibility index (Phi) is 3.99. The minimum atomic E-state index is -4.64. The van der Waals surface area contributed by atoms with E-state index in [4.69, 9.17) is 27.5 Å². The smallest absolute Gasteiger partial charge is 0.433 e. The molecule has 2 aromatic heterocycles. The number of nitrogen functional groups attached to an aromatic ring is 1. The zero-order valence-electron chi connectivity index (χ0n) is 10.3. The van der Waals surface area contributed by atoms with Crippen molar-refractivity contribution in [2.45, 2.75) is 6.18 Å². The second-order valence-corrected chi connectivity index (χ2v) is 4.34. The summed E-state index contributed by atoms with van der Waals surface area (Å²) in [6.07, 6.45) is -2.06. The molecule has 2 aromatic rings. The van der Waals surface area contributed by atoms with Crippen molar-refractivity contribution in [2.75, 3.05) is 0 Å². The largest absolute Gasteiger partial charge is 0.437 e. The molecule has 0 saturated heterocycles. The first-order valence-electron chi connectivity index (χ1n) is 5.48. The van der Waals surface area contributed by atoms with Gasteiger partial charge < -0.3 is 10.5 Å². The van der Waals surface area contributed by atoms with Crippen LogP contribution in [0.15, 0.2) is 30.6 Å². The second-order valence-electron chi connectivity index (χ2n) is 3.90. The summed E-state index contributed by atoms with van der Waals surface area (Å²) >= 11 is 5.71. The summed E-state index contributed by atoms with van der Waals surface area (Å²) in [7, 11) is 0. The number of aromatic nitrogens is 2. The molecule has 0 aliphatic rings. The molecule has 21 heavy (non-hydrogen) atoms. The number of hydrogen-bond donors (Lipinski definition) is 2. The van der Waals surface area contributed by atoms with Gasteiger partial charge in [0.05, 0.1) is 16.8 Å². The summed E-state index contributed by atoms with van der Waals surface area (Å²) in [6, 6.07) is 3.09. The number of nitrogens with one attached hydrogen (secondary N) is 1. The zero-order valence-corrected chi connectivity index (χ0v) is 11.0. The molecule has 0 unspecified atom stereocenters. The van der Waals surface area contributed by atoms with Crippen LogP contribution in [0.2, 0.25) is 5.02 Å². The SMILES string of the molecule is N=C(N)c1ccc(C(F)(F)F)nc1Oc1cncc(Cl)c1. The molecule has 0 aliphatic heterocycles. The summed E-state index contributed by atoms with van der Waals surface area (Å²) < 4.78 is 43.2. The lowest BCUT2D eigenvalue weighted by Crippen LogP contribution is -2.16. The number of alkyl halides is 3. The van der Waals surface area contributed by atoms with E-state index in [0.29, 0.717) is 0 Å². The lowest BCUT2D eigenvalue weighted by atomic mass is 10.2. The van der Waals surface area contributed by atoms with E-state index >= 15 is 0 Å². The number of halogens is 4. The Bertz CT molecular complexity index is 690. The summed E-state index contributed by atoms with van der Waals surface area (Å²) in [5.74, 6) is -0.834. The van der Waals surface area contributed by atoms with Gasteiger partial charge in [-0.15, -0.1) is 0 Å². The molecule has 110 valence electrons. The van der Waals surface area contributed by atoms with Crippen molar-refractivity contribution in [3.8, 4) is 11.6 Å². The normalized spacial score (nSPS) is 11.2. The van der Waals surface area contributed by atoms with E-state index in [1.807, 2.05) is 0 Å². The lowest BCUT2D eigenvalue weighted by Gasteiger charge is -2.12. The number of pyridine rings is 2. The van der Waals surface area contributed by atoms with Crippen molar-refractivity contribution < 1.29 is 17.9 Å². The average Bonchev–Trinajstić information content (AvgIpc) is 2.37. The minimum Gasteiger partial charge on any atom is -0.437 e. The highest BCUT2D eigenvalue weighted by Gasteiger charge is 2.33. The fourth-order valence-corrected chi connectivity index (χ4v) is 1.60. The van der Waals surface area contributed by atoms with E-state index in [2.05, 4.69) is 9.97 Å². The van der Waals surface area contributed by atoms with Gasteiger partial charge in [0.25, 0.3) is 0 Å². The van der Waals surface area contributed by atoms with Crippen LogP contribution in [0.5, 0.6) is 11.6 Å². The van der Waals surface area contributed by atoms with Gasteiger partial charge in [0.2, 0.25) is 5.88 Å². The molecule has 0 aromatic carbocycles. The van der Waals surface area contributed by atoms with Gasteiger partial charge in [-0.2, -0.15) is 13.2 Å². The summed E-state index contributed by atoms with van der Waals surface area (Å²) in [5.41, 5.74) is 4.08. The maximum atomic E-state index is 12.7. The van der Waals surface area contributed by atoms with Gasteiger partial charge in [-0.25, -0.2) is 4.98 Å². The topological polar surface area (TPSA) is 84.9 Å². The molecule has 9 heteroatoms. The molecule has 2 rings (SSSR count). The average molecular weight is 317 g/mol. The molecule has 0 amide bonds. The Hall–Kier alpha value is -2.35. The van der Waals surface area contributed by atoms with Gasteiger partial charge in [0.15, 0.2) is 0 Å². The van der Waals surface area contributed by atoms with Gasteiger partial charge in [0.1, 0.15) is 17.3 Å². The Morgan fingerprint density at radius 1 is 1.29 bits per heavy atom. The highest BCUT2D eigenvalue weighted by Crippen LogP contribution is 2.32. The van der Waals surface area contributed by atoms with Crippen molar-refractivity contribution in [2.24, 2.45) is 5.73 Å². The standard InChI is InChI=1S/C12H8ClF3N4O/c13-6-3-7(5-19-4-6)21-11-8(10(17)18)1-2-9(20-11)12(14,15)16/h1-5H,(H3,17,18). The van der Waals surface area contributed by atoms with E-state index in [9.17, 15) is 13.2 Å². The van der Waals surface area contributed by atoms with Crippen LogP contribution < -0.4 is 10.5 Å². The number of hydrogen-bond acceptors (Lipinski definition) is 4. The Morgan fingerprint density at radius 3 is 2.57 bits per heavy atom. The molecule has 0 atom stereocenters. The van der Waals surface area contributed by atoms with Crippen LogP contribution in [0.1, 0.15) is 11.3 Å². The van der Waals surface area contributed by atoms with Gasteiger partial charge in [0, 0.05) is 12.3 Å². The first kappa shape index (κ1) is 15.0. The molecule has 0 bridgehead atoms. The maximum absolute atomic E-state index is 12.7. The monoisotopic (exact) mass is 316 g/mol. The van der Waals surface area contributed by atoms with Crippen molar-refractivity contribution in [1.29, 1.82) is 5.41 Å². The molecule has 0 spiro atoms. The van der Waals surface area contributed by atoms with E-state index in [1.165, 1.54) is 18.5 Å². The maximum Gasteiger partial charge on any atom is 0.433 e. The molecular formula is C12H8ClF3N4O. The summed E-state index contributed by atoms with van der Waals surface area (Å²) in [5, 5.41) is 7.59. The number of rotatable bonds is 3. The number of amidine groups is 1. The van der Waals surface area contributed by atoms with Crippen molar-refractivity contribution in [3.05, 3.63) is 46.9 Å². The minimum absolute atomic E-state index is 0.0667. The number of nitrogens with two attached hydrogens (primary N) is 1. The van der Waals surface area contributed by atoms with E-state index in [0.717, 1.165) is 12.1 Å². The fourth-order valence-electron chi connectivity index (χ4n) is 1.44. The first-order valence-corrected chi connectivity index (χ1v) is 5.86.